The van der Waals surface area contributed by atoms with E-state index in [1.165, 1.54) is 12.3 Å². The van der Waals surface area contributed by atoms with Crippen LogP contribution in [0.2, 0.25) is 0 Å². The van der Waals surface area contributed by atoms with E-state index in [4.69, 9.17) is 11.7 Å². The van der Waals surface area contributed by atoms with Crippen molar-refractivity contribution in [1.82, 2.24) is 4.98 Å². The van der Waals surface area contributed by atoms with Gasteiger partial charge in [0.2, 0.25) is 0 Å². The molecule has 0 spiro atoms. The van der Waals surface area contributed by atoms with E-state index in [0.717, 1.165) is 0 Å². The minimum Gasteiger partial charge on any atom is -0.517 e. The van der Waals surface area contributed by atoms with E-state index >= 15 is 0 Å². The monoisotopic (exact) mass is 120 g/mol. The van der Waals surface area contributed by atoms with Gasteiger partial charge in [0.15, 0.2) is 0 Å². The third-order valence-corrected chi connectivity index (χ3v) is 0.872. The van der Waals surface area contributed by atoms with Crippen molar-refractivity contribution < 1.29 is 5.11 Å². The van der Waals surface area contributed by atoms with Crippen LogP contribution in [0.5, 0.6) is 5.75 Å². The number of aromatic hydroxyl groups is 1. The van der Waals surface area contributed by atoms with Gasteiger partial charge in [-0.1, -0.05) is 6.57 Å². The van der Waals surface area contributed by atoms with Gasteiger partial charge in [0.1, 0.15) is 11.9 Å². The summed E-state index contributed by atoms with van der Waals surface area (Å²) < 4.78 is 0. The smallest absolute Gasteiger partial charge is 0.311 e. The Balaban J connectivity index is 3.20. The van der Waals surface area contributed by atoms with Crippen molar-refractivity contribution in [3.8, 4) is 5.75 Å². The molecule has 3 nitrogen and oxygen atoms in total. The van der Waals surface area contributed by atoms with E-state index in [2.05, 4.69) is 9.83 Å². The summed E-state index contributed by atoms with van der Waals surface area (Å²) in [6, 6.07) is 3.00. The molecule has 44 valence electrons. The Morgan fingerprint density at radius 1 is 1.67 bits per heavy atom. The normalized spacial score (nSPS) is 8.33. The summed E-state index contributed by atoms with van der Waals surface area (Å²) in [5, 5.41) is 8.83. The number of pyridine rings is 1. The first-order chi connectivity index (χ1) is 4.34. The first-order valence-electron chi connectivity index (χ1n) is 2.36. The van der Waals surface area contributed by atoms with E-state index in [-0.39, 0.29) is 11.6 Å². The fraction of sp³-hybridized carbons (Fsp3) is 0. The predicted octanol–water partition coefficient (Wildman–Crippen LogP) is 1.34. The molecule has 3 heteroatoms. The minimum absolute atomic E-state index is 0.0532. The van der Waals surface area contributed by atoms with Crippen LogP contribution in [0.4, 0.5) is 5.82 Å². The molecule has 0 aliphatic carbocycles. The highest BCUT2D eigenvalue weighted by Gasteiger charge is 1.96. The lowest BCUT2D eigenvalue weighted by molar-refractivity contribution is 0.476. The van der Waals surface area contributed by atoms with Crippen molar-refractivity contribution >= 4 is 5.82 Å². The van der Waals surface area contributed by atoms with Gasteiger partial charge in [0.25, 0.3) is 0 Å². The van der Waals surface area contributed by atoms with Gasteiger partial charge in [0.05, 0.1) is 0 Å². The molecule has 0 saturated heterocycles. The third kappa shape index (κ3) is 0.970. The zero-order chi connectivity index (χ0) is 6.69. The zero-order valence-electron chi connectivity index (χ0n) is 4.57. The summed E-state index contributed by atoms with van der Waals surface area (Å²) in [5.74, 6) is -0.00926. The Morgan fingerprint density at radius 2 is 2.44 bits per heavy atom. The Morgan fingerprint density at radius 3 is 2.89 bits per heavy atom. The van der Waals surface area contributed by atoms with Crippen molar-refractivity contribution in [1.29, 1.82) is 0 Å². The maximum Gasteiger partial charge on any atom is 0.311 e. The molecule has 0 radical (unpaired) electrons. The van der Waals surface area contributed by atoms with Crippen LogP contribution in [-0.4, -0.2) is 10.1 Å². The van der Waals surface area contributed by atoms with Crippen molar-refractivity contribution in [3.63, 3.8) is 0 Å². The van der Waals surface area contributed by atoms with E-state index in [0.29, 0.717) is 0 Å². The van der Waals surface area contributed by atoms with Gasteiger partial charge >= 0.3 is 5.82 Å². The molecule has 1 aromatic rings. The summed E-state index contributed by atoms with van der Waals surface area (Å²) >= 11 is 0. The highest BCUT2D eigenvalue weighted by atomic mass is 16.3. The number of hydrogen-bond donors (Lipinski definition) is 1. The largest absolute Gasteiger partial charge is 0.517 e. The van der Waals surface area contributed by atoms with Crippen LogP contribution in [0.25, 0.3) is 4.85 Å². The molecule has 0 unspecified atom stereocenters. The summed E-state index contributed by atoms with van der Waals surface area (Å²) in [4.78, 5) is 6.55. The topological polar surface area (TPSA) is 37.5 Å². The maximum absolute atomic E-state index is 8.83. The van der Waals surface area contributed by atoms with Crippen molar-refractivity contribution in [2.45, 2.75) is 0 Å². The van der Waals surface area contributed by atoms with E-state index in [9.17, 15) is 0 Å². The number of nitrogens with zero attached hydrogens (tertiary/aromatic N) is 2. The predicted molar refractivity (Wildman–Crippen MR) is 32.2 cm³/mol. The second-order valence-electron chi connectivity index (χ2n) is 1.46. The van der Waals surface area contributed by atoms with Crippen LogP contribution in [0.15, 0.2) is 18.3 Å². The van der Waals surface area contributed by atoms with Crippen LogP contribution in [0.1, 0.15) is 0 Å². The van der Waals surface area contributed by atoms with Gasteiger partial charge in [-0.05, 0) is 12.1 Å². The van der Waals surface area contributed by atoms with Gasteiger partial charge in [-0.2, -0.15) is 0 Å². The highest BCUT2D eigenvalue weighted by Crippen LogP contribution is 2.20. The molecular formula is C6H4N2O. The second-order valence-corrected chi connectivity index (χ2v) is 1.46. The standard InChI is InChI=1S/C6H4N2O/c1-7-6-5(9)3-2-4-8-6/h2-4,9H. The summed E-state index contributed by atoms with van der Waals surface area (Å²) in [6.45, 7) is 6.49. The maximum atomic E-state index is 8.83. The lowest BCUT2D eigenvalue weighted by Gasteiger charge is -1.88. The summed E-state index contributed by atoms with van der Waals surface area (Å²) in [7, 11) is 0. The van der Waals surface area contributed by atoms with Crippen LogP contribution < -0.4 is 0 Å². The molecule has 0 aliphatic rings. The molecule has 0 saturated carbocycles. The molecule has 1 rings (SSSR count). The number of aromatic nitrogens is 1. The minimum atomic E-state index is -0.0625. The lowest BCUT2D eigenvalue weighted by Crippen LogP contribution is -1.69. The lowest BCUT2D eigenvalue weighted by atomic mass is 10.4. The van der Waals surface area contributed by atoms with Gasteiger partial charge in [-0.3, -0.25) is 0 Å². The molecule has 0 fully saturated rings. The number of rotatable bonds is 0. The van der Waals surface area contributed by atoms with Crippen molar-refractivity contribution in [3.05, 3.63) is 29.7 Å². The molecule has 0 aliphatic heterocycles. The van der Waals surface area contributed by atoms with Gasteiger partial charge in [-0.15, -0.1) is 4.98 Å². The van der Waals surface area contributed by atoms with Crippen LogP contribution in [-0.2, 0) is 0 Å². The molecule has 1 N–H and O–H groups in total. The van der Waals surface area contributed by atoms with E-state index < -0.39 is 0 Å². The van der Waals surface area contributed by atoms with Crippen LogP contribution in [0, 0.1) is 6.57 Å². The van der Waals surface area contributed by atoms with Gasteiger partial charge < -0.3 is 9.95 Å². The highest BCUT2D eigenvalue weighted by molar-refractivity contribution is 5.48. The van der Waals surface area contributed by atoms with Crippen LogP contribution in [0.3, 0.4) is 0 Å². The summed E-state index contributed by atoms with van der Waals surface area (Å²) in [6.07, 6.45) is 1.47. The molecule has 0 aromatic carbocycles. The third-order valence-electron chi connectivity index (χ3n) is 0.872. The van der Waals surface area contributed by atoms with E-state index in [1.54, 1.807) is 6.07 Å². The zero-order valence-corrected chi connectivity index (χ0v) is 4.57. The Kier molecular flexibility index (Phi) is 1.32. The quantitative estimate of drug-likeness (QED) is 0.524. The average molecular weight is 120 g/mol. The first kappa shape index (κ1) is 5.57. The summed E-state index contributed by atoms with van der Waals surface area (Å²) in [5.41, 5.74) is 0. The van der Waals surface area contributed by atoms with Gasteiger partial charge in [0, 0.05) is 0 Å². The molecule has 1 heterocycles. The van der Waals surface area contributed by atoms with Crippen LogP contribution >= 0.6 is 0 Å². The molecular weight excluding hydrogens is 116 g/mol. The molecule has 1 aromatic heterocycles. The second kappa shape index (κ2) is 2.14. The first-order valence-corrected chi connectivity index (χ1v) is 2.36. The Labute approximate surface area is 52.4 Å². The molecule has 9 heavy (non-hydrogen) atoms. The molecule has 0 bridgehead atoms. The van der Waals surface area contributed by atoms with E-state index in [1.807, 2.05) is 0 Å². The number of hydrogen-bond acceptors (Lipinski definition) is 2. The van der Waals surface area contributed by atoms with Crippen molar-refractivity contribution in [2.24, 2.45) is 0 Å². The SMILES string of the molecule is [C-]#[N+]c1ncccc1O. The molecule has 0 amide bonds. The average Bonchev–Trinajstić information content (AvgIpc) is 1.89. The fourth-order valence-corrected chi connectivity index (χ4v) is 0.475. The van der Waals surface area contributed by atoms with Crippen molar-refractivity contribution in [2.75, 3.05) is 0 Å². The molecule has 0 atom stereocenters. The van der Waals surface area contributed by atoms with Gasteiger partial charge in [-0.25, -0.2) is 0 Å². The Hall–Kier alpha value is -1.56. The fourth-order valence-electron chi connectivity index (χ4n) is 0.475. The Bertz CT molecular complexity index is 251.